The first-order valence-electron chi connectivity index (χ1n) is 7.19. The fourth-order valence-corrected chi connectivity index (χ4v) is 2.77. The van der Waals surface area contributed by atoms with Gasteiger partial charge in [-0.1, -0.05) is 30.3 Å². The molecule has 4 nitrogen and oxygen atoms in total. The molecule has 0 unspecified atom stereocenters. The van der Waals surface area contributed by atoms with Crippen molar-refractivity contribution >= 4 is 11.7 Å². The van der Waals surface area contributed by atoms with Crippen LogP contribution in [-0.2, 0) is 4.74 Å². The zero-order chi connectivity index (χ0) is 15.7. The van der Waals surface area contributed by atoms with Gasteiger partial charge in [0.05, 0.1) is 6.61 Å². The van der Waals surface area contributed by atoms with Crippen LogP contribution in [0.25, 0.3) is 11.1 Å². The number of ketones is 1. The van der Waals surface area contributed by atoms with Crippen molar-refractivity contribution < 1.29 is 14.3 Å². The minimum Gasteiger partial charge on any atom is -0.383 e. The first-order chi connectivity index (χ1) is 10.6. The number of hydrogen-bond acceptors (Lipinski definition) is 3. The van der Waals surface area contributed by atoms with Crippen LogP contribution in [-0.4, -0.2) is 31.4 Å². The molecule has 0 bridgehead atoms. The van der Waals surface area contributed by atoms with Crippen LogP contribution in [0.15, 0.2) is 42.5 Å². The summed E-state index contributed by atoms with van der Waals surface area (Å²) in [6.45, 7) is 2.32. The second-order valence-electron chi connectivity index (χ2n) is 5.46. The van der Waals surface area contributed by atoms with Crippen molar-refractivity contribution in [2.45, 2.75) is 13.0 Å². The number of hydrogen-bond donors (Lipinski definition) is 1. The Bertz CT molecular complexity index is 752. The molecule has 1 amide bonds. The van der Waals surface area contributed by atoms with Gasteiger partial charge in [0, 0.05) is 29.8 Å². The number of amides is 1. The second kappa shape index (κ2) is 5.73. The van der Waals surface area contributed by atoms with Crippen LogP contribution in [0, 0.1) is 0 Å². The Balaban J connectivity index is 1.90. The second-order valence-corrected chi connectivity index (χ2v) is 5.46. The molecule has 2 aromatic carbocycles. The van der Waals surface area contributed by atoms with E-state index in [4.69, 9.17) is 4.74 Å². The summed E-state index contributed by atoms with van der Waals surface area (Å²) in [4.78, 5) is 24.7. The first kappa shape index (κ1) is 14.5. The summed E-state index contributed by atoms with van der Waals surface area (Å²) in [5.41, 5.74) is 3.60. The van der Waals surface area contributed by atoms with Crippen molar-refractivity contribution in [2.24, 2.45) is 0 Å². The zero-order valence-electron chi connectivity index (χ0n) is 12.6. The number of methoxy groups -OCH3 is 1. The lowest BCUT2D eigenvalue weighted by molar-refractivity contribution is 0.0905. The normalized spacial score (nSPS) is 13.5. The summed E-state index contributed by atoms with van der Waals surface area (Å²) in [5.74, 6) is -0.221. The van der Waals surface area contributed by atoms with Gasteiger partial charge in [-0.25, -0.2) is 0 Å². The van der Waals surface area contributed by atoms with E-state index < -0.39 is 0 Å². The number of carbonyl (C=O) groups is 2. The SMILES string of the molecule is COC[C@H](C)NC(=O)c1ccc2c(c1)C(=O)c1ccccc1-2. The summed E-state index contributed by atoms with van der Waals surface area (Å²) in [6.07, 6.45) is 0. The zero-order valence-corrected chi connectivity index (χ0v) is 12.6. The molecule has 0 radical (unpaired) electrons. The van der Waals surface area contributed by atoms with E-state index in [0.29, 0.717) is 23.3 Å². The van der Waals surface area contributed by atoms with Crippen LogP contribution in [0.1, 0.15) is 33.2 Å². The molecule has 0 heterocycles. The minimum absolute atomic E-state index is 0.0230. The molecule has 1 atom stereocenters. The van der Waals surface area contributed by atoms with Gasteiger partial charge in [0.25, 0.3) is 5.91 Å². The van der Waals surface area contributed by atoms with Gasteiger partial charge in [-0.3, -0.25) is 9.59 Å². The predicted octanol–water partition coefficient (Wildman–Crippen LogP) is 2.66. The molecule has 1 aliphatic rings. The highest BCUT2D eigenvalue weighted by molar-refractivity contribution is 6.22. The van der Waals surface area contributed by atoms with Gasteiger partial charge in [-0.15, -0.1) is 0 Å². The van der Waals surface area contributed by atoms with Gasteiger partial charge in [0.2, 0.25) is 0 Å². The van der Waals surface area contributed by atoms with Gasteiger partial charge in [0.15, 0.2) is 5.78 Å². The lowest BCUT2D eigenvalue weighted by Gasteiger charge is -2.13. The maximum absolute atomic E-state index is 12.4. The van der Waals surface area contributed by atoms with Crippen molar-refractivity contribution in [3.8, 4) is 11.1 Å². The molecular formula is C18H17NO3. The van der Waals surface area contributed by atoms with Gasteiger partial charge < -0.3 is 10.1 Å². The van der Waals surface area contributed by atoms with Crippen LogP contribution >= 0.6 is 0 Å². The molecule has 0 aromatic heterocycles. The molecular weight excluding hydrogens is 278 g/mol. The fraction of sp³-hybridized carbons (Fsp3) is 0.222. The van der Waals surface area contributed by atoms with Crippen molar-refractivity contribution in [3.05, 3.63) is 59.2 Å². The number of carbonyl (C=O) groups excluding carboxylic acids is 2. The standard InChI is InChI=1S/C18H17NO3/c1-11(10-22-2)19-18(21)12-7-8-14-13-5-3-4-6-15(13)17(20)16(14)9-12/h3-9,11H,10H2,1-2H3,(H,19,21)/t11-/m0/s1. The monoisotopic (exact) mass is 295 g/mol. The molecule has 1 N–H and O–H groups in total. The van der Waals surface area contributed by atoms with Crippen LogP contribution in [0.5, 0.6) is 0 Å². The van der Waals surface area contributed by atoms with E-state index in [1.54, 1.807) is 19.2 Å². The molecule has 22 heavy (non-hydrogen) atoms. The van der Waals surface area contributed by atoms with Crippen LogP contribution in [0.4, 0.5) is 0 Å². The van der Waals surface area contributed by atoms with E-state index in [1.807, 2.05) is 37.3 Å². The van der Waals surface area contributed by atoms with Gasteiger partial charge in [-0.2, -0.15) is 0 Å². The first-order valence-corrected chi connectivity index (χ1v) is 7.19. The van der Waals surface area contributed by atoms with Gasteiger partial charge in [-0.05, 0) is 30.2 Å². The quantitative estimate of drug-likeness (QED) is 0.805. The molecule has 0 saturated heterocycles. The Hall–Kier alpha value is -2.46. The van der Waals surface area contributed by atoms with Crippen molar-refractivity contribution in [3.63, 3.8) is 0 Å². The highest BCUT2D eigenvalue weighted by Gasteiger charge is 2.27. The largest absolute Gasteiger partial charge is 0.383 e. The van der Waals surface area contributed by atoms with Crippen LogP contribution in [0.2, 0.25) is 0 Å². The average Bonchev–Trinajstić information content (AvgIpc) is 2.81. The Morgan fingerprint density at radius 1 is 1.09 bits per heavy atom. The highest BCUT2D eigenvalue weighted by atomic mass is 16.5. The van der Waals surface area contributed by atoms with Crippen LogP contribution in [0.3, 0.4) is 0 Å². The van der Waals surface area contributed by atoms with E-state index >= 15 is 0 Å². The highest BCUT2D eigenvalue weighted by Crippen LogP contribution is 2.36. The summed E-state index contributed by atoms with van der Waals surface area (Å²) in [6, 6.07) is 12.7. The average molecular weight is 295 g/mol. The topological polar surface area (TPSA) is 55.4 Å². The molecule has 0 aliphatic heterocycles. The molecule has 0 fully saturated rings. The third-order valence-electron chi connectivity index (χ3n) is 3.78. The van der Waals surface area contributed by atoms with E-state index in [1.165, 1.54) is 0 Å². The Morgan fingerprint density at radius 2 is 1.77 bits per heavy atom. The predicted molar refractivity (Wildman–Crippen MR) is 84.1 cm³/mol. The molecule has 3 rings (SSSR count). The number of nitrogens with one attached hydrogen (secondary N) is 1. The van der Waals surface area contributed by atoms with Gasteiger partial charge >= 0.3 is 0 Å². The number of fused-ring (bicyclic) bond motifs is 3. The smallest absolute Gasteiger partial charge is 0.251 e. The summed E-state index contributed by atoms with van der Waals surface area (Å²) >= 11 is 0. The molecule has 2 aromatic rings. The Kier molecular flexibility index (Phi) is 3.77. The van der Waals surface area contributed by atoms with E-state index in [0.717, 1.165) is 11.1 Å². The summed E-state index contributed by atoms with van der Waals surface area (Å²) in [5, 5.41) is 2.85. The number of ether oxygens (including phenoxy) is 1. The lowest BCUT2D eigenvalue weighted by atomic mass is 10.0. The van der Waals surface area contributed by atoms with E-state index in [2.05, 4.69) is 5.32 Å². The van der Waals surface area contributed by atoms with Crippen LogP contribution < -0.4 is 5.32 Å². The van der Waals surface area contributed by atoms with Gasteiger partial charge in [0.1, 0.15) is 0 Å². The molecule has 0 saturated carbocycles. The van der Waals surface area contributed by atoms with Crippen molar-refractivity contribution in [1.29, 1.82) is 0 Å². The molecule has 0 spiro atoms. The third kappa shape index (κ3) is 2.42. The van der Waals surface area contributed by atoms with Crippen molar-refractivity contribution in [1.82, 2.24) is 5.32 Å². The third-order valence-corrected chi connectivity index (χ3v) is 3.78. The number of benzene rings is 2. The fourth-order valence-electron chi connectivity index (χ4n) is 2.77. The maximum atomic E-state index is 12.4. The molecule has 1 aliphatic carbocycles. The summed E-state index contributed by atoms with van der Waals surface area (Å²) in [7, 11) is 1.59. The molecule has 4 heteroatoms. The number of rotatable bonds is 4. The van der Waals surface area contributed by atoms with E-state index in [9.17, 15) is 9.59 Å². The molecule has 112 valence electrons. The van der Waals surface area contributed by atoms with E-state index in [-0.39, 0.29) is 17.7 Å². The Morgan fingerprint density at radius 3 is 2.50 bits per heavy atom. The summed E-state index contributed by atoms with van der Waals surface area (Å²) < 4.78 is 5.00. The maximum Gasteiger partial charge on any atom is 0.251 e. The van der Waals surface area contributed by atoms with Crippen molar-refractivity contribution in [2.75, 3.05) is 13.7 Å². The lowest BCUT2D eigenvalue weighted by Crippen LogP contribution is -2.35. The minimum atomic E-state index is -0.198. The Labute approximate surface area is 129 Å².